The zero-order valence-corrected chi connectivity index (χ0v) is 19.4. The number of carbonyl (C=O) groups excluding carboxylic acids is 3. The van der Waals surface area contributed by atoms with Crippen LogP contribution < -0.4 is 15.0 Å². The van der Waals surface area contributed by atoms with E-state index in [2.05, 4.69) is 5.32 Å². The number of carbonyl (C=O) groups is 3. The maximum absolute atomic E-state index is 12.5. The fraction of sp³-hybridized carbons (Fsp3) is 0.192. The Labute approximate surface area is 206 Å². The molecule has 0 aromatic heterocycles. The van der Waals surface area contributed by atoms with Crippen LogP contribution in [0, 0.1) is 23.0 Å². The Hall–Kier alpha value is -4.73. The molecule has 0 saturated carbocycles. The summed E-state index contributed by atoms with van der Waals surface area (Å²) in [6.07, 6.45) is -0.0348. The lowest BCUT2D eigenvalue weighted by atomic mass is 10.1. The van der Waals surface area contributed by atoms with Gasteiger partial charge in [0.2, 0.25) is 5.91 Å². The fourth-order valence-corrected chi connectivity index (χ4v) is 3.70. The average molecular weight is 489 g/mol. The van der Waals surface area contributed by atoms with E-state index in [1.807, 2.05) is 31.2 Å². The highest BCUT2D eigenvalue weighted by Crippen LogP contribution is 2.29. The number of benzene rings is 3. The molecule has 0 bridgehead atoms. The molecule has 1 saturated heterocycles. The number of rotatable bonds is 8. The summed E-state index contributed by atoms with van der Waals surface area (Å²) in [6.45, 7) is 1.55. The first-order chi connectivity index (χ1) is 17.3. The number of non-ortho nitro benzene ring substituents is 1. The van der Waals surface area contributed by atoms with E-state index < -0.39 is 29.3 Å². The van der Waals surface area contributed by atoms with Crippen LogP contribution in [0.4, 0.5) is 17.1 Å². The third-order valence-corrected chi connectivity index (χ3v) is 5.55. The predicted molar refractivity (Wildman–Crippen MR) is 131 cm³/mol. The number of hydrogen-bond donors (Lipinski definition) is 1. The van der Waals surface area contributed by atoms with Crippen LogP contribution in [-0.4, -0.2) is 35.9 Å². The third kappa shape index (κ3) is 6.03. The SMILES string of the molecule is Cc1ccc(Oc2ccc(N3C[C@@H](C(=O)OCC(=O)Nc4cccc([N+](=O)[O-])c4)CC3=O)cc2)cc1. The van der Waals surface area contributed by atoms with E-state index in [-0.39, 0.29) is 30.2 Å². The van der Waals surface area contributed by atoms with Gasteiger partial charge in [0.15, 0.2) is 6.61 Å². The summed E-state index contributed by atoms with van der Waals surface area (Å²) in [5, 5.41) is 13.3. The van der Waals surface area contributed by atoms with Gasteiger partial charge in [0, 0.05) is 36.5 Å². The molecular formula is C26H23N3O7. The summed E-state index contributed by atoms with van der Waals surface area (Å²) in [5.41, 5.74) is 1.78. The second-order valence-corrected chi connectivity index (χ2v) is 8.28. The van der Waals surface area contributed by atoms with E-state index in [0.717, 1.165) is 5.56 Å². The molecule has 1 aliphatic rings. The molecule has 0 radical (unpaired) electrons. The van der Waals surface area contributed by atoms with Crippen LogP contribution in [0.5, 0.6) is 11.5 Å². The number of nitrogens with zero attached hydrogens (tertiary/aromatic N) is 2. The molecular weight excluding hydrogens is 466 g/mol. The lowest BCUT2D eigenvalue weighted by Gasteiger charge is -2.17. The predicted octanol–water partition coefficient (Wildman–Crippen LogP) is 4.23. The molecule has 36 heavy (non-hydrogen) atoms. The first-order valence-electron chi connectivity index (χ1n) is 11.1. The molecule has 1 heterocycles. The maximum atomic E-state index is 12.5. The molecule has 1 N–H and O–H groups in total. The highest BCUT2D eigenvalue weighted by molar-refractivity contribution is 6.00. The van der Waals surface area contributed by atoms with E-state index in [1.54, 1.807) is 24.3 Å². The van der Waals surface area contributed by atoms with Gasteiger partial charge < -0.3 is 19.7 Å². The van der Waals surface area contributed by atoms with Crippen molar-refractivity contribution in [2.45, 2.75) is 13.3 Å². The summed E-state index contributed by atoms with van der Waals surface area (Å²) in [6, 6.07) is 20.0. The van der Waals surface area contributed by atoms with Crippen molar-refractivity contribution in [3.63, 3.8) is 0 Å². The summed E-state index contributed by atoms with van der Waals surface area (Å²) >= 11 is 0. The molecule has 0 spiro atoms. The molecule has 1 aliphatic heterocycles. The van der Waals surface area contributed by atoms with Crippen molar-refractivity contribution in [3.8, 4) is 11.5 Å². The van der Waals surface area contributed by atoms with Crippen LogP contribution in [0.3, 0.4) is 0 Å². The lowest BCUT2D eigenvalue weighted by molar-refractivity contribution is -0.384. The third-order valence-electron chi connectivity index (χ3n) is 5.55. The molecule has 0 aliphatic carbocycles. The van der Waals surface area contributed by atoms with E-state index in [9.17, 15) is 24.5 Å². The molecule has 3 aromatic carbocycles. The first-order valence-corrected chi connectivity index (χ1v) is 11.1. The van der Waals surface area contributed by atoms with Gasteiger partial charge in [0.25, 0.3) is 11.6 Å². The second kappa shape index (κ2) is 10.7. The van der Waals surface area contributed by atoms with Gasteiger partial charge in [-0.25, -0.2) is 0 Å². The van der Waals surface area contributed by atoms with Crippen LogP contribution in [0.1, 0.15) is 12.0 Å². The molecule has 1 fully saturated rings. The molecule has 0 unspecified atom stereocenters. The molecule has 184 valence electrons. The Bertz CT molecular complexity index is 1290. The Kier molecular flexibility index (Phi) is 7.24. The number of amides is 2. The minimum Gasteiger partial charge on any atom is -0.457 e. The van der Waals surface area contributed by atoms with Crippen LogP contribution in [0.25, 0.3) is 0 Å². The Morgan fingerprint density at radius 2 is 1.72 bits per heavy atom. The van der Waals surface area contributed by atoms with Crippen molar-refractivity contribution >= 4 is 34.8 Å². The first kappa shape index (κ1) is 24.4. The van der Waals surface area contributed by atoms with E-state index in [0.29, 0.717) is 17.2 Å². The molecule has 1 atom stereocenters. The van der Waals surface area contributed by atoms with E-state index in [1.165, 1.54) is 29.2 Å². The highest BCUT2D eigenvalue weighted by Gasteiger charge is 2.36. The van der Waals surface area contributed by atoms with Crippen molar-refractivity contribution < 1.29 is 28.8 Å². The number of nitro benzene ring substituents is 1. The quantitative estimate of drug-likeness (QED) is 0.285. The number of nitro groups is 1. The minimum atomic E-state index is -0.716. The number of esters is 1. The summed E-state index contributed by atoms with van der Waals surface area (Å²) in [5.74, 6) is -0.951. The van der Waals surface area contributed by atoms with Gasteiger partial charge in [-0.05, 0) is 49.4 Å². The maximum Gasteiger partial charge on any atom is 0.311 e. The number of hydrogen-bond acceptors (Lipinski definition) is 7. The summed E-state index contributed by atoms with van der Waals surface area (Å²) < 4.78 is 10.9. The number of ether oxygens (including phenoxy) is 2. The summed E-state index contributed by atoms with van der Waals surface area (Å²) in [4.78, 5) is 48.8. The van der Waals surface area contributed by atoms with Crippen LogP contribution in [0.2, 0.25) is 0 Å². The molecule has 4 rings (SSSR count). The van der Waals surface area contributed by atoms with E-state index >= 15 is 0 Å². The fourth-order valence-electron chi connectivity index (χ4n) is 3.70. The second-order valence-electron chi connectivity index (χ2n) is 8.28. The Balaban J connectivity index is 1.28. The van der Waals surface area contributed by atoms with Crippen molar-refractivity contribution in [2.75, 3.05) is 23.4 Å². The zero-order valence-electron chi connectivity index (χ0n) is 19.4. The minimum absolute atomic E-state index is 0.0348. The molecule has 2 amide bonds. The van der Waals surface area contributed by atoms with Gasteiger partial charge in [-0.3, -0.25) is 24.5 Å². The molecule has 10 nitrogen and oxygen atoms in total. The van der Waals surface area contributed by atoms with Crippen LogP contribution in [0.15, 0.2) is 72.8 Å². The van der Waals surface area contributed by atoms with Gasteiger partial charge in [0.05, 0.1) is 10.8 Å². The molecule has 10 heteroatoms. The van der Waals surface area contributed by atoms with E-state index in [4.69, 9.17) is 9.47 Å². The summed E-state index contributed by atoms with van der Waals surface area (Å²) in [7, 11) is 0. The van der Waals surface area contributed by atoms with Crippen molar-refractivity contribution in [1.29, 1.82) is 0 Å². The van der Waals surface area contributed by atoms with Gasteiger partial charge >= 0.3 is 5.97 Å². The van der Waals surface area contributed by atoms with Gasteiger partial charge in [-0.2, -0.15) is 0 Å². The lowest BCUT2D eigenvalue weighted by Crippen LogP contribution is -2.28. The normalized spacial score (nSPS) is 14.9. The topological polar surface area (TPSA) is 128 Å². The Morgan fingerprint density at radius 3 is 2.39 bits per heavy atom. The monoisotopic (exact) mass is 489 g/mol. The van der Waals surface area contributed by atoms with Gasteiger partial charge in [-0.15, -0.1) is 0 Å². The highest BCUT2D eigenvalue weighted by atomic mass is 16.6. The molecule has 3 aromatic rings. The Morgan fingerprint density at radius 1 is 1.06 bits per heavy atom. The number of nitrogens with one attached hydrogen (secondary N) is 1. The number of aryl methyl sites for hydroxylation is 1. The standard InChI is InChI=1S/C26H23N3O7/c1-17-5-9-22(10-6-17)36-23-11-7-20(8-12-23)28-15-18(13-25(28)31)26(32)35-16-24(30)27-19-3-2-4-21(14-19)29(33)34/h2-12,14,18H,13,15-16H2,1H3,(H,27,30)/t18-/m0/s1. The van der Waals surface area contributed by atoms with Crippen molar-refractivity contribution in [1.82, 2.24) is 0 Å². The van der Waals surface area contributed by atoms with Crippen molar-refractivity contribution in [3.05, 3.63) is 88.5 Å². The zero-order chi connectivity index (χ0) is 25.7. The average Bonchev–Trinajstić information content (AvgIpc) is 3.26. The van der Waals surface area contributed by atoms with Gasteiger partial charge in [0.1, 0.15) is 11.5 Å². The van der Waals surface area contributed by atoms with Crippen LogP contribution in [-0.2, 0) is 19.1 Å². The van der Waals surface area contributed by atoms with Crippen molar-refractivity contribution in [2.24, 2.45) is 5.92 Å². The smallest absolute Gasteiger partial charge is 0.311 e. The van der Waals surface area contributed by atoms with Crippen LogP contribution >= 0.6 is 0 Å². The largest absolute Gasteiger partial charge is 0.457 e. The number of anilines is 2. The van der Waals surface area contributed by atoms with Gasteiger partial charge in [-0.1, -0.05) is 23.8 Å².